The minimum absolute atomic E-state index is 0.0706. The Kier molecular flexibility index (Phi) is 5.28. The fourth-order valence-electron chi connectivity index (χ4n) is 2.03. The maximum atomic E-state index is 13.1. The van der Waals surface area contributed by atoms with Crippen LogP contribution < -0.4 is 10.6 Å². The molecule has 132 valence electrons. The van der Waals surface area contributed by atoms with Gasteiger partial charge in [-0.25, -0.2) is 8.78 Å². The number of carbonyl (C=O) groups excluding carboxylic acids is 2. The summed E-state index contributed by atoms with van der Waals surface area (Å²) < 4.78 is 26.0. The first-order chi connectivity index (χ1) is 12.5. The molecule has 0 radical (unpaired) electrons. The van der Waals surface area contributed by atoms with Crippen LogP contribution in [0.1, 0.15) is 25.2 Å². The van der Waals surface area contributed by atoms with E-state index < -0.39 is 23.4 Å². The Hall–Kier alpha value is -3.20. The Bertz CT molecular complexity index is 944. The highest BCUT2D eigenvalue weighted by molar-refractivity contribution is 7.13. The van der Waals surface area contributed by atoms with E-state index in [-0.39, 0.29) is 11.6 Å². The second-order valence-corrected chi connectivity index (χ2v) is 6.22. The summed E-state index contributed by atoms with van der Waals surface area (Å²) in [5, 5.41) is 13.2. The molecule has 26 heavy (non-hydrogen) atoms. The van der Waals surface area contributed by atoms with Crippen molar-refractivity contribution in [2.24, 2.45) is 0 Å². The number of halogens is 2. The second-order valence-electron chi connectivity index (χ2n) is 5.15. The zero-order valence-corrected chi connectivity index (χ0v) is 14.0. The van der Waals surface area contributed by atoms with Gasteiger partial charge in [0, 0.05) is 11.3 Å². The number of rotatable bonds is 5. The van der Waals surface area contributed by atoms with Gasteiger partial charge < -0.3 is 10.6 Å². The smallest absolute Gasteiger partial charge is 0.286 e. The second kappa shape index (κ2) is 7.79. The molecule has 0 bridgehead atoms. The van der Waals surface area contributed by atoms with Crippen LogP contribution in [0.25, 0.3) is 0 Å². The molecule has 2 aromatic carbocycles. The van der Waals surface area contributed by atoms with E-state index in [2.05, 4.69) is 20.8 Å². The predicted octanol–water partition coefficient (Wildman–Crippen LogP) is 3.00. The van der Waals surface area contributed by atoms with Crippen molar-refractivity contribution in [3.63, 3.8) is 0 Å². The van der Waals surface area contributed by atoms with Crippen LogP contribution in [-0.2, 0) is 6.54 Å². The Balaban J connectivity index is 1.58. The molecule has 0 atom stereocenters. The molecule has 3 aromatic rings. The van der Waals surface area contributed by atoms with E-state index in [1.807, 2.05) is 0 Å². The molecule has 9 heteroatoms. The molecule has 0 aliphatic rings. The summed E-state index contributed by atoms with van der Waals surface area (Å²) in [7, 11) is 0. The third-order valence-corrected chi connectivity index (χ3v) is 4.17. The number of benzene rings is 2. The van der Waals surface area contributed by atoms with Crippen molar-refractivity contribution in [2.45, 2.75) is 6.54 Å². The number of nitrogens with one attached hydrogen (secondary N) is 2. The molecule has 1 aromatic heterocycles. The van der Waals surface area contributed by atoms with Gasteiger partial charge in [-0.2, -0.15) is 0 Å². The Morgan fingerprint density at radius 3 is 2.46 bits per heavy atom. The topological polar surface area (TPSA) is 84.0 Å². The highest BCUT2D eigenvalue weighted by Gasteiger charge is 2.14. The monoisotopic (exact) mass is 374 g/mol. The number of aromatic nitrogens is 2. The normalized spacial score (nSPS) is 10.4. The Labute approximate surface area is 150 Å². The SMILES string of the molecule is O=C(NCc1nnc(C(=O)Nc2cccc(F)c2)s1)c1ccc(F)cc1. The summed E-state index contributed by atoms with van der Waals surface area (Å²) in [4.78, 5) is 24.0. The summed E-state index contributed by atoms with van der Waals surface area (Å²) in [6.07, 6.45) is 0. The highest BCUT2D eigenvalue weighted by atomic mass is 32.1. The summed E-state index contributed by atoms with van der Waals surface area (Å²) in [5.41, 5.74) is 0.608. The lowest BCUT2D eigenvalue weighted by atomic mass is 10.2. The maximum Gasteiger partial charge on any atom is 0.286 e. The van der Waals surface area contributed by atoms with E-state index in [9.17, 15) is 18.4 Å². The van der Waals surface area contributed by atoms with Crippen molar-refractivity contribution in [3.8, 4) is 0 Å². The van der Waals surface area contributed by atoms with Gasteiger partial charge in [-0.3, -0.25) is 9.59 Å². The average Bonchev–Trinajstić information content (AvgIpc) is 3.09. The Morgan fingerprint density at radius 1 is 0.962 bits per heavy atom. The lowest BCUT2D eigenvalue weighted by Crippen LogP contribution is -2.22. The van der Waals surface area contributed by atoms with E-state index in [4.69, 9.17) is 0 Å². The van der Waals surface area contributed by atoms with E-state index in [0.29, 0.717) is 16.3 Å². The van der Waals surface area contributed by atoms with E-state index in [1.165, 1.54) is 42.5 Å². The van der Waals surface area contributed by atoms with E-state index >= 15 is 0 Å². The van der Waals surface area contributed by atoms with Crippen LogP contribution in [0.4, 0.5) is 14.5 Å². The summed E-state index contributed by atoms with van der Waals surface area (Å²) in [6.45, 7) is 0.0706. The third-order valence-electron chi connectivity index (χ3n) is 3.25. The molecule has 0 aliphatic heterocycles. The molecule has 2 N–H and O–H groups in total. The van der Waals surface area contributed by atoms with Gasteiger partial charge in [-0.1, -0.05) is 17.4 Å². The molecule has 0 fully saturated rings. The summed E-state index contributed by atoms with van der Waals surface area (Å²) >= 11 is 1.00. The summed E-state index contributed by atoms with van der Waals surface area (Å²) in [6, 6.07) is 10.6. The molecule has 6 nitrogen and oxygen atoms in total. The first kappa shape index (κ1) is 17.6. The molecular weight excluding hydrogens is 362 g/mol. The Morgan fingerprint density at radius 2 is 1.73 bits per heavy atom. The van der Waals surface area contributed by atoms with Crippen LogP contribution in [0, 0.1) is 11.6 Å². The minimum Gasteiger partial charge on any atom is -0.345 e. The number of hydrogen-bond acceptors (Lipinski definition) is 5. The molecular formula is C17H12F2N4O2S. The fourth-order valence-corrected chi connectivity index (χ4v) is 2.70. The molecule has 0 saturated heterocycles. The molecule has 1 heterocycles. The molecule has 0 aliphatic carbocycles. The van der Waals surface area contributed by atoms with Crippen LogP contribution >= 0.6 is 11.3 Å². The molecule has 3 rings (SSSR count). The average molecular weight is 374 g/mol. The van der Waals surface area contributed by atoms with Gasteiger partial charge >= 0.3 is 0 Å². The largest absolute Gasteiger partial charge is 0.345 e. The number of anilines is 1. The third kappa shape index (κ3) is 4.45. The van der Waals surface area contributed by atoms with Crippen LogP contribution in [0.2, 0.25) is 0 Å². The number of carbonyl (C=O) groups is 2. The number of amides is 2. The van der Waals surface area contributed by atoms with Crippen molar-refractivity contribution in [2.75, 3.05) is 5.32 Å². The van der Waals surface area contributed by atoms with E-state index in [1.54, 1.807) is 6.07 Å². The first-order valence-electron chi connectivity index (χ1n) is 7.44. The van der Waals surface area contributed by atoms with Crippen molar-refractivity contribution >= 4 is 28.8 Å². The van der Waals surface area contributed by atoms with Gasteiger partial charge in [0.05, 0.1) is 6.54 Å². The van der Waals surface area contributed by atoms with Crippen LogP contribution in [0.5, 0.6) is 0 Å². The van der Waals surface area contributed by atoms with Crippen LogP contribution in [0.15, 0.2) is 48.5 Å². The van der Waals surface area contributed by atoms with Crippen molar-refractivity contribution in [1.82, 2.24) is 15.5 Å². The van der Waals surface area contributed by atoms with E-state index in [0.717, 1.165) is 11.3 Å². The summed E-state index contributed by atoms with van der Waals surface area (Å²) in [5.74, 6) is -1.82. The van der Waals surface area contributed by atoms with Gasteiger partial charge in [-0.15, -0.1) is 10.2 Å². The zero-order valence-electron chi connectivity index (χ0n) is 13.2. The number of hydrogen-bond donors (Lipinski definition) is 2. The molecule has 0 unspecified atom stereocenters. The van der Waals surface area contributed by atoms with Gasteiger partial charge in [-0.05, 0) is 42.5 Å². The fraction of sp³-hybridized carbons (Fsp3) is 0.0588. The standard InChI is InChI=1S/C17H12F2N4O2S/c18-11-6-4-10(5-7-11)15(24)20-9-14-22-23-17(26-14)16(25)21-13-3-1-2-12(19)8-13/h1-8H,9H2,(H,20,24)(H,21,25). The van der Waals surface area contributed by atoms with Gasteiger partial charge in [0.15, 0.2) is 0 Å². The lowest BCUT2D eigenvalue weighted by molar-refractivity contribution is 0.0949. The molecule has 2 amide bonds. The number of nitrogens with zero attached hydrogens (tertiary/aromatic N) is 2. The molecule has 0 saturated carbocycles. The quantitative estimate of drug-likeness (QED) is 0.719. The maximum absolute atomic E-state index is 13.1. The van der Waals surface area contributed by atoms with Gasteiger partial charge in [0.2, 0.25) is 5.01 Å². The molecule has 0 spiro atoms. The first-order valence-corrected chi connectivity index (χ1v) is 8.26. The lowest BCUT2D eigenvalue weighted by Gasteiger charge is -2.02. The van der Waals surface area contributed by atoms with Gasteiger partial charge in [0.1, 0.15) is 16.6 Å². The van der Waals surface area contributed by atoms with Crippen LogP contribution in [-0.4, -0.2) is 22.0 Å². The van der Waals surface area contributed by atoms with Crippen molar-refractivity contribution in [3.05, 3.63) is 75.7 Å². The van der Waals surface area contributed by atoms with Gasteiger partial charge in [0.25, 0.3) is 11.8 Å². The van der Waals surface area contributed by atoms with Crippen molar-refractivity contribution < 1.29 is 18.4 Å². The highest BCUT2D eigenvalue weighted by Crippen LogP contribution is 2.14. The zero-order chi connectivity index (χ0) is 18.5. The predicted molar refractivity (Wildman–Crippen MR) is 91.8 cm³/mol. The minimum atomic E-state index is -0.524. The van der Waals surface area contributed by atoms with Crippen molar-refractivity contribution in [1.29, 1.82) is 0 Å². The van der Waals surface area contributed by atoms with Crippen LogP contribution in [0.3, 0.4) is 0 Å².